The van der Waals surface area contributed by atoms with E-state index in [1.807, 2.05) is 0 Å². The second kappa shape index (κ2) is 12.5. The normalized spacial score (nSPS) is 14.7. The SMILES string of the molecule is CC[N+](CCCCCC(=O)O)=c1ccc2cc3c(oc-2c1)C=C(Nc1cccc(N(C)C)c1)CC3(C)C.[Cl-]. The zero-order valence-corrected chi connectivity index (χ0v) is 23.9. The fourth-order valence-electron chi connectivity index (χ4n) is 5.10. The molecule has 7 heteroatoms. The molecule has 1 aromatic rings. The van der Waals surface area contributed by atoms with E-state index in [9.17, 15) is 4.79 Å². The molecule has 204 valence electrons. The Balaban J connectivity index is 0.00000400. The number of carboxylic acid groups (broad SMARTS) is 1. The minimum Gasteiger partial charge on any atom is -1.00 e. The van der Waals surface area contributed by atoms with Gasteiger partial charge in [-0.3, -0.25) is 4.79 Å². The number of halogens is 1. The van der Waals surface area contributed by atoms with Crippen molar-refractivity contribution in [3.05, 3.63) is 70.9 Å². The van der Waals surface area contributed by atoms with E-state index >= 15 is 0 Å². The third-order valence-electron chi connectivity index (χ3n) is 7.18. The van der Waals surface area contributed by atoms with Crippen LogP contribution in [0.25, 0.3) is 17.4 Å². The minimum atomic E-state index is -0.718. The lowest BCUT2D eigenvalue weighted by Crippen LogP contribution is -3.00. The van der Waals surface area contributed by atoms with E-state index in [1.54, 1.807) is 0 Å². The fraction of sp³-hybridized carbons (Fsp3) is 0.419. The van der Waals surface area contributed by atoms with Crippen molar-refractivity contribution in [2.24, 2.45) is 0 Å². The molecule has 2 aliphatic carbocycles. The first kappa shape index (κ1) is 29.3. The van der Waals surface area contributed by atoms with Gasteiger partial charge >= 0.3 is 5.97 Å². The summed E-state index contributed by atoms with van der Waals surface area (Å²) in [7, 11) is 4.10. The summed E-state index contributed by atoms with van der Waals surface area (Å²) >= 11 is 0. The fourth-order valence-corrected chi connectivity index (χ4v) is 5.10. The lowest BCUT2D eigenvalue weighted by molar-refractivity contribution is -0.137. The molecule has 6 nitrogen and oxygen atoms in total. The Hall–Kier alpha value is -3.25. The van der Waals surface area contributed by atoms with Crippen molar-refractivity contribution in [3.63, 3.8) is 0 Å². The molecule has 38 heavy (non-hydrogen) atoms. The van der Waals surface area contributed by atoms with Gasteiger partial charge in [0, 0.05) is 67.3 Å². The molecular weight excluding hydrogens is 498 g/mol. The first-order chi connectivity index (χ1) is 17.7. The highest BCUT2D eigenvalue weighted by Gasteiger charge is 2.31. The van der Waals surface area contributed by atoms with Gasteiger partial charge in [-0.2, -0.15) is 0 Å². The molecule has 1 heterocycles. The van der Waals surface area contributed by atoms with Crippen LogP contribution in [0, 0.1) is 0 Å². The number of hydrogen-bond acceptors (Lipinski definition) is 4. The molecule has 4 rings (SSSR count). The molecule has 0 saturated heterocycles. The van der Waals surface area contributed by atoms with Gasteiger partial charge in [0.1, 0.15) is 24.6 Å². The van der Waals surface area contributed by atoms with Crippen LogP contribution in [0.1, 0.15) is 64.2 Å². The number of rotatable bonds is 10. The van der Waals surface area contributed by atoms with Crippen LogP contribution in [0.5, 0.6) is 0 Å². The summed E-state index contributed by atoms with van der Waals surface area (Å²) in [6.07, 6.45) is 5.91. The van der Waals surface area contributed by atoms with Crippen LogP contribution in [0.2, 0.25) is 0 Å². The average molecular weight is 538 g/mol. The lowest BCUT2D eigenvalue weighted by atomic mass is 9.76. The van der Waals surface area contributed by atoms with Crippen LogP contribution in [-0.2, 0) is 10.2 Å². The van der Waals surface area contributed by atoms with E-state index < -0.39 is 5.97 Å². The molecule has 0 amide bonds. The maximum atomic E-state index is 10.8. The summed E-state index contributed by atoms with van der Waals surface area (Å²) in [6, 6.07) is 17.2. The van der Waals surface area contributed by atoms with E-state index in [-0.39, 0.29) is 24.2 Å². The van der Waals surface area contributed by atoms with Crippen molar-refractivity contribution in [1.29, 1.82) is 0 Å². The van der Waals surface area contributed by atoms with Gasteiger partial charge in [-0.05, 0) is 61.9 Å². The predicted molar refractivity (Wildman–Crippen MR) is 152 cm³/mol. The molecule has 3 aliphatic rings. The second-order valence-electron chi connectivity index (χ2n) is 10.8. The number of anilines is 2. The van der Waals surface area contributed by atoms with Crippen molar-refractivity contribution in [2.45, 2.75) is 58.3 Å². The van der Waals surface area contributed by atoms with Crippen LogP contribution >= 0.6 is 0 Å². The van der Waals surface area contributed by atoms with Gasteiger partial charge in [0.05, 0.1) is 6.07 Å². The Morgan fingerprint density at radius 2 is 1.89 bits per heavy atom. The quantitative estimate of drug-likeness (QED) is 0.307. The van der Waals surface area contributed by atoms with Crippen LogP contribution in [0.15, 0.2) is 58.6 Å². The van der Waals surface area contributed by atoms with Crippen molar-refractivity contribution in [1.82, 2.24) is 4.58 Å². The summed E-state index contributed by atoms with van der Waals surface area (Å²) < 4.78 is 8.87. The monoisotopic (exact) mass is 537 g/mol. The van der Waals surface area contributed by atoms with Gasteiger partial charge < -0.3 is 32.1 Å². The lowest BCUT2D eigenvalue weighted by Gasteiger charge is -2.33. The van der Waals surface area contributed by atoms with Crippen molar-refractivity contribution < 1.29 is 26.7 Å². The Labute approximate surface area is 232 Å². The number of carboxylic acids is 1. The molecule has 0 atom stereocenters. The number of fused-ring (bicyclic) bond motifs is 2. The van der Waals surface area contributed by atoms with E-state index in [0.29, 0.717) is 0 Å². The summed E-state index contributed by atoms with van der Waals surface area (Å²) in [5.41, 5.74) is 5.65. The number of aliphatic carboxylic acids is 1. The summed E-state index contributed by atoms with van der Waals surface area (Å²) in [4.78, 5) is 12.9. The summed E-state index contributed by atoms with van der Waals surface area (Å²) in [5, 5.41) is 13.6. The first-order valence-corrected chi connectivity index (χ1v) is 13.3. The number of allylic oxidation sites excluding steroid dienone is 1. The van der Waals surface area contributed by atoms with Gasteiger partial charge in [-0.1, -0.05) is 19.9 Å². The first-order valence-electron chi connectivity index (χ1n) is 13.3. The number of carbonyl (C=O) groups is 1. The topological polar surface area (TPSA) is 68.7 Å². The molecule has 0 radical (unpaired) electrons. The van der Waals surface area contributed by atoms with Crippen LogP contribution in [0.3, 0.4) is 0 Å². The second-order valence-corrected chi connectivity index (χ2v) is 10.8. The van der Waals surface area contributed by atoms with Crippen molar-refractivity contribution in [3.8, 4) is 11.3 Å². The number of nitrogens with one attached hydrogen (secondary N) is 1. The third-order valence-corrected chi connectivity index (χ3v) is 7.18. The predicted octanol–water partition coefficient (Wildman–Crippen LogP) is 3.03. The molecule has 0 spiro atoms. The number of hydrogen-bond donors (Lipinski definition) is 2. The average Bonchev–Trinajstić information content (AvgIpc) is 2.84. The van der Waals surface area contributed by atoms with Gasteiger partial charge in [0.2, 0.25) is 5.36 Å². The Bertz CT molecular complexity index is 1340. The molecule has 0 fully saturated rings. The van der Waals surface area contributed by atoms with Crippen LogP contribution in [0.4, 0.5) is 11.4 Å². The standard InChI is InChI=1S/C31H39N3O3.ClH/c1-6-34(16-9-7-8-13-30(35)36)26-15-14-22-17-27-29(37-28(22)20-26)19-24(21-31(27,2)3)32-23-11-10-12-25(18-23)33(4)5;/h10-12,14-15,17-20H,6-9,13,16,21H2,1-5H3,(H,35,36);1H. The zero-order valence-electron chi connectivity index (χ0n) is 23.2. The largest absolute Gasteiger partial charge is 1.00 e. The molecule has 0 aromatic heterocycles. The molecule has 2 N–H and O–H groups in total. The molecule has 0 saturated carbocycles. The molecule has 0 unspecified atom stereocenters. The number of nitrogens with zero attached hydrogens (tertiary/aromatic N) is 2. The highest BCUT2D eigenvalue weighted by Crippen LogP contribution is 2.41. The maximum Gasteiger partial charge on any atom is 0.303 e. The van der Waals surface area contributed by atoms with Gasteiger partial charge in [-0.25, -0.2) is 4.58 Å². The van der Waals surface area contributed by atoms with Gasteiger partial charge in [-0.15, -0.1) is 0 Å². The van der Waals surface area contributed by atoms with Gasteiger partial charge in [0.15, 0.2) is 0 Å². The Kier molecular flexibility index (Phi) is 9.66. The molecule has 1 aliphatic heterocycles. The third kappa shape index (κ3) is 6.98. The summed E-state index contributed by atoms with van der Waals surface area (Å²) in [5.74, 6) is 1.07. The highest BCUT2D eigenvalue weighted by atomic mass is 35.5. The zero-order chi connectivity index (χ0) is 26.6. The van der Waals surface area contributed by atoms with Crippen molar-refractivity contribution in [2.75, 3.05) is 37.4 Å². The Morgan fingerprint density at radius 1 is 1.11 bits per heavy atom. The smallest absolute Gasteiger partial charge is 0.303 e. The highest BCUT2D eigenvalue weighted by molar-refractivity contribution is 5.70. The van der Waals surface area contributed by atoms with Crippen molar-refractivity contribution >= 4 is 23.4 Å². The van der Waals surface area contributed by atoms with E-state index in [2.05, 4.69) is 104 Å². The molecule has 0 bridgehead atoms. The number of benzene rings is 2. The van der Waals surface area contributed by atoms with Crippen LogP contribution < -0.4 is 32.6 Å². The maximum absolute atomic E-state index is 10.8. The van der Waals surface area contributed by atoms with Crippen LogP contribution in [-0.4, -0.2) is 38.3 Å². The molecule has 1 aromatic carbocycles. The summed E-state index contributed by atoms with van der Waals surface area (Å²) in [6.45, 7) is 8.49. The van der Waals surface area contributed by atoms with E-state index in [0.717, 1.165) is 78.3 Å². The minimum absolute atomic E-state index is 0. The molecular formula is C31H40ClN3O3. The van der Waals surface area contributed by atoms with E-state index in [4.69, 9.17) is 9.52 Å². The van der Waals surface area contributed by atoms with E-state index in [1.165, 1.54) is 5.56 Å². The Morgan fingerprint density at radius 3 is 2.61 bits per heavy atom. The van der Waals surface area contributed by atoms with Gasteiger partial charge in [0.25, 0.3) is 0 Å². The number of unbranched alkanes of at least 4 members (excludes halogenated alkanes) is 2.